The second kappa shape index (κ2) is 6.01. The maximum Gasteiger partial charge on any atom is 0.162 e. The fourth-order valence-corrected chi connectivity index (χ4v) is 1.92. The van der Waals surface area contributed by atoms with E-state index in [-0.39, 0.29) is 11.8 Å². The van der Waals surface area contributed by atoms with Crippen molar-refractivity contribution in [1.29, 1.82) is 0 Å². The Morgan fingerprint density at radius 1 is 1.10 bits per heavy atom. The third-order valence-electron chi connectivity index (χ3n) is 2.93. The van der Waals surface area contributed by atoms with E-state index < -0.39 is 11.6 Å². The number of benzene rings is 2. The highest BCUT2D eigenvalue weighted by atomic mass is 19.2. The SMILES string of the molecule is Cc1ccc(CC(C)N)cc1Oc1ccc(F)c(F)c1. The minimum absolute atomic E-state index is 0.0498. The molecule has 0 radical (unpaired) electrons. The highest BCUT2D eigenvalue weighted by Gasteiger charge is 2.08. The van der Waals surface area contributed by atoms with E-state index in [0.717, 1.165) is 29.7 Å². The molecular formula is C16H17F2NO. The van der Waals surface area contributed by atoms with Gasteiger partial charge in [-0.25, -0.2) is 8.78 Å². The largest absolute Gasteiger partial charge is 0.457 e. The fourth-order valence-electron chi connectivity index (χ4n) is 1.92. The summed E-state index contributed by atoms with van der Waals surface area (Å²) in [6.07, 6.45) is 0.731. The predicted molar refractivity (Wildman–Crippen MR) is 75.0 cm³/mol. The molecule has 2 rings (SSSR count). The van der Waals surface area contributed by atoms with E-state index in [2.05, 4.69) is 0 Å². The normalized spacial score (nSPS) is 12.2. The van der Waals surface area contributed by atoms with Gasteiger partial charge in [-0.15, -0.1) is 0 Å². The van der Waals surface area contributed by atoms with Crippen molar-refractivity contribution in [2.24, 2.45) is 5.73 Å². The van der Waals surface area contributed by atoms with E-state index >= 15 is 0 Å². The summed E-state index contributed by atoms with van der Waals surface area (Å²) >= 11 is 0. The molecule has 2 aromatic carbocycles. The van der Waals surface area contributed by atoms with Crippen LogP contribution in [-0.4, -0.2) is 6.04 Å². The maximum absolute atomic E-state index is 13.2. The van der Waals surface area contributed by atoms with Crippen molar-refractivity contribution in [1.82, 2.24) is 0 Å². The third-order valence-corrected chi connectivity index (χ3v) is 2.93. The summed E-state index contributed by atoms with van der Waals surface area (Å²) < 4.78 is 31.7. The van der Waals surface area contributed by atoms with Crippen LogP contribution in [0.25, 0.3) is 0 Å². The van der Waals surface area contributed by atoms with Crippen LogP contribution in [0.1, 0.15) is 18.1 Å². The zero-order chi connectivity index (χ0) is 14.7. The number of halogens is 2. The van der Waals surface area contributed by atoms with Crippen LogP contribution in [0.4, 0.5) is 8.78 Å². The minimum Gasteiger partial charge on any atom is -0.457 e. The molecule has 4 heteroatoms. The van der Waals surface area contributed by atoms with Gasteiger partial charge in [-0.3, -0.25) is 0 Å². The Morgan fingerprint density at radius 2 is 1.85 bits per heavy atom. The number of rotatable bonds is 4. The molecule has 0 heterocycles. The Hall–Kier alpha value is -1.94. The van der Waals surface area contributed by atoms with E-state index in [0.29, 0.717) is 5.75 Å². The molecule has 0 aliphatic carbocycles. The first-order chi connectivity index (χ1) is 9.45. The fraction of sp³-hybridized carbons (Fsp3) is 0.250. The van der Waals surface area contributed by atoms with Gasteiger partial charge in [-0.05, 0) is 49.6 Å². The standard InChI is InChI=1S/C16H17F2NO/c1-10-3-4-12(7-11(2)19)8-16(10)20-13-5-6-14(17)15(18)9-13/h3-6,8-9,11H,7,19H2,1-2H3. The van der Waals surface area contributed by atoms with Gasteiger partial charge in [0.1, 0.15) is 11.5 Å². The molecule has 1 atom stereocenters. The van der Waals surface area contributed by atoms with Crippen LogP contribution < -0.4 is 10.5 Å². The number of aryl methyl sites for hydroxylation is 1. The first-order valence-corrected chi connectivity index (χ1v) is 6.43. The van der Waals surface area contributed by atoms with Crippen molar-refractivity contribution in [3.8, 4) is 11.5 Å². The molecule has 0 spiro atoms. The summed E-state index contributed by atoms with van der Waals surface area (Å²) in [5, 5.41) is 0. The molecule has 106 valence electrons. The Bertz CT molecular complexity index is 611. The average molecular weight is 277 g/mol. The quantitative estimate of drug-likeness (QED) is 0.918. The summed E-state index contributed by atoms with van der Waals surface area (Å²) in [4.78, 5) is 0. The summed E-state index contributed by atoms with van der Waals surface area (Å²) in [7, 11) is 0. The molecule has 0 saturated heterocycles. The van der Waals surface area contributed by atoms with Gasteiger partial charge >= 0.3 is 0 Å². The second-order valence-corrected chi connectivity index (χ2v) is 4.96. The Morgan fingerprint density at radius 3 is 2.50 bits per heavy atom. The number of hydrogen-bond acceptors (Lipinski definition) is 2. The van der Waals surface area contributed by atoms with Crippen LogP contribution in [0, 0.1) is 18.6 Å². The van der Waals surface area contributed by atoms with Crippen LogP contribution in [0.5, 0.6) is 11.5 Å². The van der Waals surface area contributed by atoms with E-state index in [1.165, 1.54) is 6.07 Å². The van der Waals surface area contributed by atoms with Crippen molar-refractivity contribution in [2.45, 2.75) is 26.3 Å². The molecule has 1 unspecified atom stereocenters. The zero-order valence-corrected chi connectivity index (χ0v) is 11.5. The molecule has 20 heavy (non-hydrogen) atoms. The van der Waals surface area contributed by atoms with E-state index in [1.807, 2.05) is 32.0 Å². The lowest BCUT2D eigenvalue weighted by molar-refractivity contribution is 0.458. The number of hydrogen-bond donors (Lipinski definition) is 1. The maximum atomic E-state index is 13.2. The Kier molecular flexibility index (Phi) is 4.35. The first-order valence-electron chi connectivity index (χ1n) is 6.43. The molecule has 2 N–H and O–H groups in total. The van der Waals surface area contributed by atoms with Crippen LogP contribution in [0.2, 0.25) is 0 Å². The smallest absolute Gasteiger partial charge is 0.162 e. The van der Waals surface area contributed by atoms with Gasteiger partial charge in [0.2, 0.25) is 0 Å². The van der Waals surface area contributed by atoms with Crippen LogP contribution in [-0.2, 0) is 6.42 Å². The van der Waals surface area contributed by atoms with E-state index in [1.54, 1.807) is 0 Å². The molecule has 0 bridgehead atoms. The molecule has 2 aromatic rings. The summed E-state index contributed by atoms with van der Waals surface area (Å²) in [5.41, 5.74) is 7.73. The van der Waals surface area contributed by atoms with Gasteiger partial charge in [-0.1, -0.05) is 12.1 Å². The first kappa shape index (κ1) is 14.5. The highest BCUT2D eigenvalue weighted by molar-refractivity contribution is 5.40. The second-order valence-electron chi connectivity index (χ2n) is 4.96. The van der Waals surface area contributed by atoms with Crippen molar-refractivity contribution in [2.75, 3.05) is 0 Å². The van der Waals surface area contributed by atoms with Crippen molar-refractivity contribution in [3.63, 3.8) is 0 Å². The van der Waals surface area contributed by atoms with Crippen LogP contribution in [0.15, 0.2) is 36.4 Å². The monoisotopic (exact) mass is 277 g/mol. The molecule has 2 nitrogen and oxygen atoms in total. The lowest BCUT2D eigenvalue weighted by Crippen LogP contribution is -2.17. The molecular weight excluding hydrogens is 260 g/mol. The summed E-state index contributed by atoms with van der Waals surface area (Å²) in [5.74, 6) is -0.925. The predicted octanol–water partition coefficient (Wildman–Crippen LogP) is 3.96. The van der Waals surface area contributed by atoms with Gasteiger partial charge in [-0.2, -0.15) is 0 Å². The summed E-state index contributed by atoms with van der Waals surface area (Å²) in [6.45, 7) is 3.82. The summed E-state index contributed by atoms with van der Waals surface area (Å²) in [6, 6.07) is 9.31. The van der Waals surface area contributed by atoms with Gasteiger partial charge in [0, 0.05) is 12.1 Å². The Labute approximate surface area is 117 Å². The third kappa shape index (κ3) is 3.54. The van der Waals surface area contributed by atoms with Gasteiger partial charge in [0.05, 0.1) is 0 Å². The molecule has 0 amide bonds. The van der Waals surface area contributed by atoms with Gasteiger partial charge < -0.3 is 10.5 Å². The van der Waals surface area contributed by atoms with Gasteiger partial charge in [0.15, 0.2) is 11.6 Å². The lowest BCUT2D eigenvalue weighted by atomic mass is 10.1. The topological polar surface area (TPSA) is 35.2 Å². The van der Waals surface area contributed by atoms with E-state index in [9.17, 15) is 8.78 Å². The van der Waals surface area contributed by atoms with Crippen molar-refractivity contribution in [3.05, 3.63) is 59.2 Å². The van der Waals surface area contributed by atoms with Crippen molar-refractivity contribution >= 4 is 0 Å². The van der Waals surface area contributed by atoms with E-state index in [4.69, 9.17) is 10.5 Å². The van der Waals surface area contributed by atoms with Crippen molar-refractivity contribution < 1.29 is 13.5 Å². The lowest BCUT2D eigenvalue weighted by Gasteiger charge is -2.12. The molecule has 0 aliphatic heterocycles. The minimum atomic E-state index is -0.924. The molecule has 0 saturated carbocycles. The average Bonchev–Trinajstić information content (AvgIpc) is 2.37. The molecule has 0 aliphatic rings. The van der Waals surface area contributed by atoms with Crippen LogP contribution >= 0.6 is 0 Å². The highest BCUT2D eigenvalue weighted by Crippen LogP contribution is 2.27. The zero-order valence-electron chi connectivity index (χ0n) is 11.5. The Balaban J connectivity index is 2.25. The van der Waals surface area contributed by atoms with Crippen LogP contribution in [0.3, 0.4) is 0 Å². The number of nitrogens with two attached hydrogens (primary N) is 1. The molecule has 0 aromatic heterocycles. The molecule has 0 fully saturated rings. The number of ether oxygens (including phenoxy) is 1. The van der Waals surface area contributed by atoms with Gasteiger partial charge in [0.25, 0.3) is 0 Å².